The first-order valence-corrected chi connectivity index (χ1v) is 6.99. The fourth-order valence-electron chi connectivity index (χ4n) is 1.93. The van der Waals surface area contributed by atoms with E-state index in [1.807, 2.05) is 30.3 Å². The van der Waals surface area contributed by atoms with Crippen molar-refractivity contribution in [3.63, 3.8) is 0 Å². The van der Waals surface area contributed by atoms with Gasteiger partial charge in [-0.3, -0.25) is 0 Å². The van der Waals surface area contributed by atoms with Gasteiger partial charge in [-0.25, -0.2) is 9.59 Å². The number of carboxylic acids is 2. The molecule has 0 aliphatic heterocycles. The Morgan fingerprint density at radius 3 is 2.00 bits per heavy atom. The molecule has 0 atom stereocenters. The van der Waals surface area contributed by atoms with Crippen LogP contribution in [0.4, 0.5) is 0 Å². The van der Waals surface area contributed by atoms with Gasteiger partial charge in [0.25, 0.3) is 0 Å². The molecule has 0 aliphatic carbocycles. The van der Waals surface area contributed by atoms with Crippen LogP contribution in [-0.4, -0.2) is 35.4 Å². The molecule has 6 nitrogen and oxygen atoms in total. The summed E-state index contributed by atoms with van der Waals surface area (Å²) in [6.07, 6.45) is 0.609. The molecule has 120 valence electrons. The van der Waals surface area contributed by atoms with Gasteiger partial charge in [0.1, 0.15) is 11.5 Å². The minimum Gasteiger partial charge on any atom is -0.493 e. The van der Waals surface area contributed by atoms with Crippen molar-refractivity contribution in [2.45, 2.75) is 6.42 Å². The molecule has 0 radical (unpaired) electrons. The quantitative estimate of drug-likeness (QED) is 0.727. The van der Waals surface area contributed by atoms with Gasteiger partial charge in [0.2, 0.25) is 0 Å². The second kappa shape index (κ2) is 7.84. The summed E-state index contributed by atoms with van der Waals surface area (Å²) in [5, 5.41) is 18.0. The van der Waals surface area contributed by atoms with Gasteiger partial charge in [0.15, 0.2) is 0 Å². The van der Waals surface area contributed by atoms with E-state index in [4.69, 9.17) is 19.7 Å². The number of hydrogen-bond donors (Lipinski definition) is 2. The number of aromatic carboxylic acids is 2. The minimum absolute atomic E-state index is 0.266. The first-order chi connectivity index (χ1) is 11.1. The lowest BCUT2D eigenvalue weighted by molar-refractivity contribution is 0.0651. The maximum atomic E-state index is 11.1. The van der Waals surface area contributed by atoms with Crippen molar-refractivity contribution in [3.8, 4) is 11.5 Å². The molecule has 6 heteroatoms. The van der Waals surface area contributed by atoms with E-state index in [0.29, 0.717) is 25.4 Å². The predicted molar refractivity (Wildman–Crippen MR) is 82.4 cm³/mol. The number of benzene rings is 2. The average molecular weight is 316 g/mol. The van der Waals surface area contributed by atoms with Crippen molar-refractivity contribution in [1.29, 1.82) is 0 Å². The van der Waals surface area contributed by atoms with E-state index in [2.05, 4.69) is 0 Å². The van der Waals surface area contributed by atoms with Crippen molar-refractivity contribution < 1.29 is 29.3 Å². The highest BCUT2D eigenvalue weighted by atomic mass is 16.5. The van der Waals surface area contributed by atoms with Crippen LogP contribution in [0.15, 0.2) is 48.5 Å². The van der Waals surface area contributed by atoms with E-state index >= 15 is 0 Å². The summed E-state index contributed by atoms with van der Waals surface area (Å²) in [6.45, 7) is 0.793. The van der Waals surface area contributed by atoms with Crippen molar-refractivity contribution in [2.75, 3.05) is 13.2 Å². The Labute approximate surface area is 132 Å². The molecule has 0 saturated heterocycles. The van der Waals surface area contributed by atoms with E-state index < -0.39 is 11.9 Å². The van der Waals surface area contributed by atoms with Gasteiger partial charge in [-0.05, 0) is 30.3 Å². The highest BCUT2D eigenvalue weighted by molar-refractivity contribution is 6.01. The van der Waals surface area contributed by atoms with Crippen molar-refractivity contribution in [1.82, 2.24) is 0 Å². The van der Waals surface area contributed by atoms with Crippen molar-refractivity contribution in [3.05, 3.63) is 59.7 Å². The molecular formula is C17H16O6. The molecule has 0 spiro atoms. The van der Waals surface area contributed by atoms with Crippen LogP contribution in [0, 0.1) is 0 Å². The van der Waals surface area contributed by atoms with Gasteiger partial charge in [0, 0.05) is 6.42 Å². The Balaban J connectivity index is 1.85. The SMILES string of the molecule is O=C(O)c1ccc(OCCCOc2ccccc2)cc1C(=O)O. The Morgan fingerprint density at radius 1 is 0.783 bits per heavy atom. The van der Waals surface area contributed by atoms with E-state index in [0.717, 1.165) is 5.75 Å². The second-order valence-corrected chi connectivity index (χ2v) is 4.68. The number of para-hydroxylation sites is 1. The fourth-order valence-corrected chi connectivity index (χ4v) is 1.93. The van der Waals surface area contributed by atoms with E-state index in [1.165, 1.54) is 18.2 Å². The molecule has 0 bridgehead atoms. The van der Waals surface area contributed by atoms with Crippen LogP contribution < -0.4 is 9.47 Å². The molecule has 0 aromatic heterocycles. The normalized spacial score (nSPS) is 10.1. The van der Waals surface area contributed by atoms with Crippen LogP contribution in [0.2, 0.25) is 0 Å². The van der Waals surface area contributed by atoms with Gasteiger partial charge < -0.3 is 19.7 Å². The summed E-state index contributed by atoms with van der Waals surface area (Å²) in [4.78, 5) is 22.0. The molecule has 2 rings (SSSR count). The van der Waals surface area contributed by atoms with E-state index in [9.17, 15) is 9.59 Å². The molecule has 0 aliphatic rings. The first kappa shape index (κ1) is 16.4. The standard InChI is InChI=1S/C17H16O6/c18-16(19)14-8-7-13(11-15(14)17(20)21)23-10-4-9-22-12-5-2-1-3-6-12/h1-3,5-8,11H,4,9-10H2,(H,18,19)(H,20,21). The maximum absolute atomic E-state index is 11.1. The molecule has 0 unspecified atom stereocenters. The topological polar surface area (TPSA) is 93.1 Å². The predicted octanol–water partition coefficient (Wildman–Crippen LogP) is 2.93. The molecule has 0 saturated carbocycles. The van der Waals surface area contributed by atoms with Crippen LogP contribution in [0.5, 0.6) is 11.5 Å². The summed E-state index contributed by atoms with van der Waals surface area (Å²) in [6, 6.07) is 13.2. The monoisotopic (exact) mass is 316 g/mol. The van der Waals surface area contributed by atoms with Crippen molar-refractivity contribution >= 4 is 11.9 Å². The lowest BCUT2D eigenvalue weighted by Crippen LogP contribution is -2.09. The minimum atomic E-state index is -1.31. The zero-order valence-electron chi connectivity index (χ0n) is 12.3. The van der Waals surface area contributed by atoms with Crippen LogP contribution in [0.1, 0.15) is 27.1 Å². The van der Waals surface area contributed by atoms with Gasteiger partial charge in [-0.1, -0.05) is 18.2 Å². The van der Waals surface area contributed by atoms with Crippen LogP contribution >= 0.6 is 0 Å². The highest BCUT2D eigenvalue weighted by Crippen LogP contribution is 2.18. The summed E-state index contributed by atoms with van der Waals surface area (Å²) < 4.78 is 10.9. The maximum Gasteiger partial charge on any atom is 0.336 e. The van der Waals surface area contributed by atoms with Crippen LogP contribution in [-0.2, 0) is 0 Å². The van der Waals surface area contributed by atoms with E-state index in [1.54, 1.807) is 0 Å². The Kier molecular flexibility index (Phi) is 5.57. The third-order valence-electron chi connectivity index (χ3n) is 3.02. The highest BCUT2D eigenvalue weighted by Gasteiger charge is 2.16. The average Bonchev–Trinajstić information content (AvgIpc) is 2.55. The van der Waals surface area contributed by atoms with Gasteiger partial charge in [-0.15, -0.1) is 0 Å². The van der Waals surface area contributed by atoms with Crippen LogP contribution in [0.25, 0.3) is 0 Å². The number of rotatable bonds is 8. The first-order valence-electron chi connectivity index (χ1n) is 6.99. The fraction of sp³-hybridized carbons (Fsp3) is 0.176. The summed E-state index contributed by atoms with van der Waals surface area (Å²) in [5.41, 5.74) is -0.562. The number of carbonyl (C=O) groups is 2. The molecular weight excluding hydrogens is 300 g/mol. The number of hydrogen-bond acceptors (Lipinski definition) is 4. The summed E-state index contributed by atoms with van der Waals surface area (Å²) in [7, 11) is 0. The zero-order valence-corrected chi connectivity index (χ0v) is 12.3. The second-order valence-electron chi connectivity index (χ2n) is 4.68. The number of carboxylic acid groups (broad SMARTS) is 2. The smallest absolute Gasteiger partial charge is 0.336 e. The van der Waals surface area contributed by atoms with E-state index in [-0.39, 0.29) is 11.1 Å². The van der Waals surface area contributed by atoms with Gasteiger partial charge >= 0.3 is 11.9 Å². The molecule has 2 aromatic rings. The summed E-state index contributed by atoms with van der Waals surface area (Å²) in [5.74, 6) is -1.51. The third kappa shape index (κ3) is 4.74. The van der Waals surface area contributed by atoms with Crippen LogP contribution in [0.3, 0.4) is 0 Å². The third-order valence-corrected chi connectivity index (χ3v) is 3.02. The summed E-state index contributed by atoms with van der Waals surface area (Å²) >= 11 is 0. The molecule has 2 N–H and O–H groups in total. The Hall–Kier alpha value is -3.02. The molecule has 0 amide bonds. The molecule has 2 aromatic carbocycles. The molecule has 0 fully saturated rings. The Morgan fingerprint density at radius 2 is 1.39 bits per heavy atom. The zero-order chi connectivity index (χ0) is 16.7. The molecule has 23 heavy (non-hydrogen) atoms. The largest absolute Gasteiger partial charge is 0.493 e. The van der Waals surface area contributed by atoms with Crippen molar-refractivity contribution in [2.24, 2.45) is 0 Å². The number of ether oxygens (including phenoxy) is 2. The lowest BCUT2D eigenvalue weighted by Gasteiger charge is -2.09. The lowest BCUT2D eigenvalue weighted by atomic mass is 10.1. The van der Waals surface area contributed by atoms with Gasteiger partial charge in [0.05, 0.1) is 24.3 Å². The Bertz CT molecular complexity index is 681. The molecule has 0 heterocycles. The van der Waals surface area contributed by atoms with Gasteiger partial charge in [-0.2, -0.15) is 0 Å².